The summed E-state index contributed by atoms with van der Waals surface area (Å²) < 4.78 is 14.3. The number of halogens is 1. The molecule has 0 aliphatic carbocycles. The molecule has 0 aliphatic rings. The predicted molar refractivity (Wildman–Crippen MR) is 78.5 cm³/mol. The van der Waals surface area contributed by atoms with Crippen molar-refractivity contribution < 1.29 is 14.3 Å². The fourth-order valence-corrected chi connectivity index (χ4v) is 2.24. The third kappa shape index (κ3) is 2.92. The topological polar surface area (TPSA) is 50.2 Å². The van der Waals surface area contributed by atoms with E-state index >= 15 is 0 Å². The van der Waals surface area contributed by atoms with Gasteiger partial charge in [0.2, 0.25) is 0 Å². The molecule has 21 heavy (non-hydrogen) atoms. The van der Waals surface area contributed by atoms with Crippen LogP contribution in [0, 0.1) is 18.2 Å². The zero-order valence-corrected chi connectivity index (χ0v) is 11.6. The number of aryl methyl sites for hydroxylation is 1. The number of aromatic nitrogens is 1. The van der Waals surface area contributed by atoms with Gasteiger partial charge in [-0.2, -0.15) is 0 Å². The summed E-state index contributed by atoms with van der Waals surface area (Å²) in [5.41, 5.74) is 1.91. The smallest absolute Gasteiger partial charge is 0.336 e. The lowest BCUT2D eigenvalue weighted by atomic mass is 9.94. The Bertz CT molecular complexity index is 732. The Morgan fingerprint density at radius 3 is 2.81 bits per heavy atom. The Balaban J connectivity index is 2.68. The molecule has 0 aliphatic heterocycles. The Hall–Kier alpha value is -2.67. The Kier molecular flexibility index (Phi) is 4.34. The molecule has 0 unspecified atom stereocenters. The zero-order valence-electron chi connectivity index (χ0n) is 11.6. The summed E-state index contributed by atoms with van der Waals surface area (Å²) in [6, 6.07) is 4.26. The molecule has 1 N–H and O–H groups in total. The van der Waals surface area contributed by atoms with Crippen LogP contribution in [0.15, 0.2) is 30.6 Å². The van der Waals surface area contributed by atoms with Crippen LogP contribution in [0.25, 0.3) is 11.1 Å². The Morgan fingerprint density at radius 1 is 1.43 bits per heavy atom. The molecule has 0 radical (unpaired) electrons. The van der Waals surface area contributed by atoms with E-state index in [1.807, 2.05) is 6.92 Å². The molecule has 4 heteroatoms. The van der Waals surface area contributed by atoms with Crippen molar-refractivity contribution in [2.24, 2.45) is 0 Å². The van der Waals surface area contributed by atoms with Gasteiger partial charge in [-0.05, 0) is 30.2 Å². The van der Waals surface area contributed by atoms with Crippen LogP contribution >= 0.6 is 0 Å². The van der Waals surface area contributed by atoms with Gasteiger partial charge in [0.05, 0.1) is 11.1 Å². The van der Waals surface area contributed by atoms with Crippen molar-refractivity contribution in [1.29, 1.82) is 0 Å². The van der Waals surface area contributed by atoms with Crippen LogP contribution in [0.2, 0.25) is 0 Å². The van der Waals surface area contributed by atoms with Crippen molar-refractivity contribution >= 4 is 5.97 Å². The van der Waals surface area contributed by atoms with Gasteiger partial charge in [0.15, 0.2) is 0 Å². The maximum Gasteiger partial charge on any atom is 0.336 e. The van der Waals surface area contributed by atoms with Crippen molar-refractivity contribution in [2.75, 3.05) is 0 Å². The van der Waals surface area contributed by atoms with Crippen LogP contribution in [0.4, 0.5) is 4.39 Å². The van der Waals surface area contributed by atoms with Gasteiger partial charge in [-0.25, -0.2) is 9.18 Å². The summed E-state index contributed by atoms with van der Waals surface area (Å²) in [7, 11) is 0. The molecule has 0 fully saturated rings. The normalized spacial score (nSPS) is 10.1. The van der Waals surface area contributed by atoms with Crippen LogP contribution in [-0.4, -0.2) is 16.1 Å². The average Bonchev–Trinajstić information content (AvgIpc) is 2.48. The standard InChI is InChI=1S/C17H14FNO2/c1-3-5-12-8-15(16(18)9-14(12)17(20)21)13-6-7-19-10-11(13)4-2/h2,6-10H,3,5H2,1H3,(H,20,21). The van der Waals surface area contributed by atoms with Gasteiger partial charge in [-0.3, -0.25) is 4.98 Å². The van der Waals surface area contributed by atoms with Gasteiger partial charge in [0.25, 0.3) is 0 Å². The molecule has 3 nitrogen and oxygen atoms in total. The number of pyridine rings is 1. The number of carboxylic acids is 1. The highest BCUT2D eigenvalue weighted by molar-refractivity contribution is 5.90. The van der Waals surface area contributed by atoms with Crippen LogP contribution in [0.5, 0.6) is 0 Å². The predicted octanol–water partition coefficient (Wildman–Crippen LogP) is 3.52. The lowest BCUT2D eigenvalue weighted by Gasteiger charge is -2.11. The summed E-state index contributed by atoms with van der Waals surface area (Å²) in [6.45, 7) is 1.94. The zero-order chi connectivity index (χ0) is 15.4. The van der Waals surface area contributed by atoms with Crippen LogP contribution in [0.1, 0.15) is 34.8 Å². The molecule has 1 heterocycles. The highest BCUT2D eigenvalue weighted by Crippen LogP contribution is 2.29. The molecule has 2 aromatic rings. The Labute approximate surface area is 122 Å². The third-order valence-electron chi connectivity index (χ3n) is 3.21. The third-order valence-corrected chi connectivity index (χ3v) is 3.21. The fraction of sp³-hybridized carbons (Fsp3) is 0.176. The van der Waals surface area contributed by atoms with Crippen molar-refractivity contribution in [3.63, 3.8) is 0 Å². The molecule has 1 aromatic heterocycles. The quantitative estimate of drug-likeness (QED) is 0.873. The molecular weight excluding hydrogens is 269 g/mol. The van der Waals surface area contributed by atoms with Gasteiger partial charge >= 0.3 is 5.97 Å². The minimum absolute atomic E-state index is 0.00517. The second-order valence-corrected chi connectivity index (χ2v) is 4.61. The van der Waals surface area contributed by atoms with E-state index in [4.69, 9.17) is 11.5 Å². The number of hydrogen-bond donors (Lipinski definition) is 1. The first-order valence-corrected chi connectivity index (χ1v) is 6.55. The van der Waals surface area contributed by atoms with Gasteiger partial charge in [0.1, 0.15) is 5.82 Å². The summed E-state index contributed by atoms with van der Waals surface area (Å²) in [6.07, 6.45) is 9.75. The van der Waals surface area contributed by atoms with E-state index < -0.39 is 11.8 Å². The van der Waals surface area contributed by atoms with E-state index in [9.17, 15) is 9.18 Å². The number of carboxylic acid groups (broad SMARTS) is 1. The summed E-state index contributed by atoms with van der Waals surface area (Å²) in [4.78, 5) is 15.1. The second kappa shape index (κ2) is 6.19. The molecule has 106 valence electrons. The summed E-state index contributed by atoms with van der Waals surface area (Å²) >= 11 is 0. The summed E-state index contributed by atoms with van der Waals surface area (Å²) in [5, 5.41) is 9.17. The number of benzene rings is 1. The Morgan fingerprint density at radius 2 is 2.19 bits per heavy atom. The minimum Gasteiger partial charge on any atom is -0.478 e. The summed E-state index contributed by atoms with van der Waals surface area (Å²) in [5.74, 6) is 0.734. The molecule has 1 aromatic carbocycles. The lowest BCUT2D eigenvalue weighted by Crippen LogP contribution is -2.05. The van der Waals surface area contributed by atoms with Crippen molar-refractivity contribution in [3.8, 4) is 23.5 Å². The molecule has 0 amide bonds. The molecule has 0 bridgehead atoms. The maximum absolute atomic E-state index is 14.3. The molecule has 0 saturated heterocycles. The number of nitrogens with zero attached hydrogens (tertiary/aromatic N) is 1. The van der Waals surface area contributed by atoms with Crippen molar-refractivity contribution in [2.45, 2.75) is 19.8 Å². The van der Waals surface area contributed by atoms with E-state index in [0.717, 1.165) is 12.5 Å². The number of carbonyl (C=O) groups is 1. The van der Waals surface area contributed by atoms with Crippen molar-refractivity contribution in [3.05, 3.63) is 53.1 Å². The monoisotopic (exact) mass is 283 g/mol. The minimum atomic E-state index is -1.13. The van der Waals surface area contributed by atoms with E-state index in [2.05, 4.69) is 10.9 Å². The lowest BCUT2D eigenvalue weighted by molar-refractivity contribution is 0.0695. The van der Waals surface area contributed by atoms with E-state index in [-0.39, 0.29) is 5.56 Å². The van der Waals surface area contributed by atoms with Gasteiger partial charge < -0.3 is 5.11 Å². The second-order valence-electron chi connectivity index (χ2n) is 4.61. The number of rotatable bonds is 4. The molecule has 0 saturated carbocycles. The number of aromatic carboxylic acids is 1. The highest BCUT2D eigenvalue weighted by Gasteiger charge is 2.17. The first kappa shape index (κ1) is 14.7. The SMILES string of the molecule is C#Cc1cnccc1-c1cc(CCC)c(C(=O)O)cc1F. The highest BCUT2D eigenvalue weighted by atomic mass is 19.1. The molecule has 0 atom stereocenters. The maximum atomic E-state index is 14.3. The number of terminal acetylenes is 1. The fourth-order valence-electron chi connectivity index (χ4n) is 2.24. The average molecular weight is 283 g/mol. The first-order valence-electron chi connectivity index (χ1n) is 6.55. The van der Waals surface area contributed by atoms with Crippen LogP contribution in [-0.2, 0) is 6.42 Å². The van der Waals surface area contributed by atoms with Crippen LogP contribution < -0.4 is 0 Å². The molecule has 2 rings (SSSR count). The van der Waals surface area contributed by atoms with E-state index in [1.165, 1.54) is 12.4 Å². The number of hydrogen-bond acceptors (Lipinski definition) is 2. The van der Waals surface area contributed by atoms with Gasteiger partial charge in [0, 0.05) is 23.5 Å². The van der Waals surface area contributed by atoms with Crippen LogP contribution in [0.3, 0.4) is 0 Å². The van der Waals surface area contributed by atoms with Gasteiger partial charge in [-0.1, -0.05) is 19.3 Å². The first-order chi connectivity index (χ1) is 10.1. The van der Waals surface area contributed by atoms with Gasteiger partial charge in [-0.15, -0.1) is 6.42 Å². The largest absolute Gasteiger partial charge is 0.478 e. The molecule has 0 spiro atoms. The van der Waals surface area contributed by atoms with Crippen molar-refractivity contribution in [1.82, 2.24) is 4.98 Å². The van der Waals surface area contributed by atoms with E-state index in [1.54, 1.807) is 12.1 Å². The molecular formula is C17H14FNO2. The van der Waals surface area contributed by atoms with E-state index in [0.29, 0.717) is 28.7 Å².